The fourth-order valence-corrected chi connectivity index (χ4v) is 4.32. The number of hydrazine groups is 1. The van der Waals surface area contributed by atoms with Gasteiger partial charge in [0.05, 0.1) is 11.4 Å². The van der Waals surface area contributed by atoms with Crippen molar-refractivity contribution >= 4 is 33.4 Å². The van der Waals surface area contributed by atoms with Crippen molar-refractivity contribution < 1.29 is 0 Å². The predicted molar refractivity (Wildman–Crippen MR) is 104 cm³/mol. The number of rotatable bonds is 2. The summed E-state index contributed by atoms with van der Waals surface area (Å²) in [5, 5.41) is 12.1. The first-order valence-electron chi connectivity index (χ1n) is 8.48. The van der Waals surface area contributed by atoms with Crippen LogP contribution in [-0.4, -0.2) is 57.2 Å². The molecule has 2 aliphatic heterocycles. The Morgan fingerprint density at radius 1 is 1.08 bits per heavy atom. The minimum absolute atomic E-state index is 0.882. The molecule has 0 unspecified atom stereocenters. The number of thiophene rings is 1. The van der Waals surface area contributed by atoms with E-state index < -0.39 is 0 Å². The zero-order valence-corrected chi connectivity index (χ0v) is 15.4. The molecule has 1 N–H and O–H groups in total. The van der Waals surface area contributed by atoms with Crippen LogP contribution >= 0.6 is 11.3 Å². The number of benzene rings is 1. The van der Waals surface area contributed by atoms with E-state index in [4.69, 9.17) is 0 Å². The highest BCUT2D eigenvalue weighted by Crippen LogP contribution is 2.43. The number of fused-ring (bicyclic) bond motifs is 2. The Kier molecular flexibility index (Phi) is 4.12. The van der Waals surface area contributed by atoms with Crippen molar-refractivity contribution in [1.29, 1.82) is 0 Å². The molecule has 2 aliphatic rings. The normalized spacial score (nSPS) is 18.5. The monoisotopic (exact) mass is 343 g/mol. The Hall–Kier alpha value is -1.76. The van der Waals surface area contributed by atoms with E-state index in [1.54, 1.807) is 0 Å². The highest BCUT2D eigenvalue weighted by Gasteiger charge is 2.28. The summed E-state index contributed by atoms with van der Waals surface area (Å²) < 4.78 is 0. The second-order valence-corrected chi connectivity index (χ2v) is 7.66. The van der Waals surface area contributed by atoms with E-state index in [0.717, 1.165) is 32.7 Å². The van der Waals surface area contributed by atoms with Crippen molar-refractivity contribution in [2.75, 3.05) is 62.5 Å². The van der Waals surface area contributed by atoms with Crippen molar-refractivity contribution in [2.24, 2.45) is 0 Å². The van der Waals surface area contributed by atoms with Gasteiger partial charge in [-0.05, 0) is 36.7 Å². The lowest BCUT2D eigenvalue weighted by atomic mass is 10.2. The average Bonchev–Trinajstić information content (AvgIpc) is 2.98. The van der Waals surface area contributed by atoms with E-state index in [0.29, 0.717) is 0 Å². The topological polar surface area (TPSA) is 25.0 Å². The molecule has 0 spiro atoms. The van der Waals surface area contributed by atoms with Gasteiger partial charge in [-0.3, -0.25) is 5.01 Å². The van der Waals surface area contributed by atoms with E-state index in [9.17, 15) is 0 Å². The van der Waals surface area contributed by atoms with Crippen LogP contribution < -0.4 is 15.2 Å². The van der Waals surface area contributed by atoms with Crippen LogP contribution in [0.1, 0.15) is 5.56 Å². The van der Waals surface area contributed by atoms with Gasteiger partial charge in [0.1, 0.15) is 5.00 Å². The Labute approximate surface area is 148 Å². The maximum Gasteiger partial charge on any atom is 0.116 e. The van der Waals surface area contributed by atoms with Crippen LogP contribution in [0.15, 0.2) is 29.6 Å². The fourth-order valence-electron chi connectivity index (χ4n) is 3.35. The molecule has 1 saturated heterocycles. The molecule has 0 aliphatic carbocycles. The van der Waals surface area contributed by atoms with Crippen LogP contribution in [0.3, 0.4) is 0 Å². The molecule has 0 radical (unpaired) electrons. The Bertz CT molecular complexity index is 718. The Morgan fingerprint density at radius 2 is 1.88 bits per heavy atom. The van der Waals surface area contributed by atoms with Crippen LogP contribution in [0.5, 0.6) is 0 Å². The minimum Gasteiger partial charge on any atom is -0.379 e. The first-order chi connectivity index (χ1) is 11.6. The number of piperazine rings is 1. The molecule has 128 valence electrons. The fraction of sp³-hybridized carbons (Fsp3) is 0.444. The summed E-state index contributed by atoms with van der Waals surface area (Å²) in [6.07, 6.45) is 0. The van der Waals surface area contributed by atoms with Gasteiger partial charge in [-0.1, -0.05) is 0 Å². The Morgan fingerprint density at radius 3 is 2.62 bits per heavy atom. The molecule has 1 aromatic carbocycles. The lowest BCUT2D eigenvalue weighted by Crippen LogP contribution is -2.51. The molecule has 0 amide bonds. The number of likely N-dealkylation sites (N-methyl/N-ethyl adjacent to an activating group) is 1. The first kappa shape index (κ1) is 15.7. The van der Waals surface area contributed by atoms with E-state index in [2.05, 4.69) is 75.9 Å². The van der Waals surface area contributed by atoms with Crippen molar-refractivity contribution in [3.63, 3.8) is 0 Å². The van der Waals surface area contributed by atoms with Gasteiger partial charge >= 0.3 is 0 Å². The lowest BCUT2D eigenvalue weighted by Gasteiger charge is -2.41. The van der Waals surface area contributed by atoms with E-state index in [1.807, 2.05) is 11.3 Å². The van der Waals surface area contributed by atoms with Crippen molar-refractivity contribution in [1.82, 2.24) is 9.91 Å². The summed E-state index contributed by atoms with van der Waals surface area (Å²) in [6, 6.07) is 8.97. The standard InChI is InChI=1S/C18H25N5S/c1-20(2)15-4-5-17-16(12-15)19-13-14-6-11-24-18(14)23(17)22-9-7-21(3)8-10-22/h4-6,11-12,19H,7-10,13H2,1-3H3. The van der Waals surface area contributed by atoms with Gasteiger partial charge in [0.25, 0.3) is 0 Å². The number of hydrogen-bond acceptors (Lipinski definition) is 6. The first-order valence-corrected chi connectivity index (χ1v) is 9.36. The van der Waals surface area contributed by atoms with E-state index >= 15 is 0 Å². The molecule has 0 saturated carbocycles. The maximum atomic E-state index is 3.64. The van der Waals surface area contributed by atoms with Gasteiger partial charge in [-0.25, -0.2) is 5.01 Å². The molecule has 1 fully saturated rings. The lowest BCUT2D eigenvalue weighted by molar-refractivity contribution is 0.155. The second kappa shape index (κ2) is 6.27. The van der Waals surface area contributed by atoms with Crippen LogP contribution in [0.4, 0.5) is 22.1 Å². The zero-order chi connectivity index (χ0) is 16.7. The molecule has 3 heterocycles. The second-order valence-electron chi connectivity index (χ2n) is 6.77. The van der Waals surface area contributed by atoms with Gasteiger partial charge in [-0.15, -0.1) is 11.3 Å². The molecular formula is C18H25N5S. The minimum atomic E-state index is 0.882. The van der Waals surface area contributed by atoms with Crippen molar-refractivity contribution in [3.8, 4) is 0 Å². The summed E-state index contributed by atoms with van der Waals surface area (Å²) in [7, 11) is 6.39. The summed E-state index contributed by atoms with van der Waals surface area (Å²) in [6.45, 7) is 5.21. The average molecular weight is 344 g/mol. The van der Waals surface area contributed by atoms with Gasteiger partial charge in [0, 0.05) is 58.1 Å². The highest BCUT2D eigenvalue weighted by atomic mass is 32.1. The number of hydrogen-bond donors (Lipinski definition) is 1. The molecule has 5 nitrogen and oxygen atoms in total. The molecule has 4 rings (SSSR count). The molecule has 1 aromatic heterocycles. The summed E-state index contributed by atoms with van der Waals surface area (Å²) >= 11 is 1.84. The third kappa shape index (κ3) is 2.75. The number of nitrogens with zero attached hydrogens (tertiary/aromatic N) is 4. The third-order valence-corrected chi connectivity index (χ3v) is 5.80. The summed E-state index contributed by atoms with van der Waals surface area (Å²) in [5.74, 6) is 0. The largest absolute Gasteiger partial charge is 0.379 e. The summed E-state index contributed by atoms with van der Waals surface area (Å²) in [4.78, 5) is 4.56. The molecule has 2 aromatic rings. The molecule has 0 atom stereocenters. The van der Waals surface area contributed by atoms with Crippen LogP contribution in [0.2, 0.25) is 0 Å². The maximum absolute atomic E-state index is 3.64. The molecule has 6 heteroatoms. The number of nitrogens with one attached hydrogen (secondary N) is 1. The molecular weight excluding hydrogens is 318 g/mol. The zero-order valence-electron chi connectivity index (χ0n) is 14.6. The molecule has 24 heavy (non-hydrogen) atoms. The van der Waals surface area contributed by atoms with Gasteiger partial charge < -0.3 is 15.1 Å². The third-order valence-electron chi connectivity index (χ3n) is 4.87. The Balaban J connectivity index is 1.77. The number of anilines is 4. The highest BCUT2D eigenvalue weighted by molar-refractivity contribution is 7.14. The van der Waals surface area contributed by atoms with Crippen LogP contribution in [0.25, 0.3) is 0 Å². The predicted octanol–water partition coefficient (Wildman–Crippen LogP) is 3.04. The van der Waals surface area contributed by atoms with Crippen molar-refractivity contribution in [2.45, 2.75) is 6.54 Å². The summed E-state index contributed by atoms with van der Waals surface area (Å²) in [5.41, 5.74) is 5.07. The molecule has 0 bridgehead atoms. The SMILES string of the molecule is CN1CCN(N2c3ccc(N(C)C)cc3NCc3ccsc32)CC1. The van der Waals surface area contributed by atoms with Crippen LogP contribution in [0, 0.1) is 0 Å². The van der Waals surface area contributed by atoms with Gasteiger partial charge in [0.2, 0.25) is 0 Å². The quantitative estimate of drug-likeness (QED) is 0.904. The van der Waals surface area contributed by atoms with Gasteiger partial charge in [-0.2, -0.15) is 0 Å². The van der Waals surface area contributed by atoms with Gasteiger partial charge in [0.15, 0.2) is 0 Å². The van der Waals surface area contributed by atoms with E-state index in [1.165, 1.54) is 27.6 Å². The smallest absolute Gasteiger partial charge is 0.116 e. The van der Waals surface area contributed by atoms with E-state index in [-0.39, 0.29) is 0 Å². The van der Waals surface area contributed by atoms with Crippen LogP contribution in [-0.2, 0) is 6.54 Å². The van der Waals surface area contributed by atoms with Crippen molar-refractivity contribution in [3.05, 3.63) is 35.2 Å².